The highest BCUT2D eigenvalue weighted by Gasteiger charge is 2.23. The Hall–Kier alpha value is -0.780. The van der Waals surface area contributed by atoms with Gasteiger partial charge in [-0.15, -0.1) is 0 Å². The predicted molar refractivity (Wildman–Crippen MR) is 87.6 cm³/mol. The molecule has 1 aromatic rings. The highest BCUT2D eigenvalue weighted by atomic mass is 127. The number of benzene rings is 1. The summed E-state index contributed by atoms with van der Waals surface area (Å²) in [6, 6.07) is 7.92. The van der Waals surface area contributed by atoms with Gasteiger partial charge in [0.2, 0.25) is 0 Å². The van der Waals surface area contributed by atoms with Crippen molar-refractivity contribution in [2.75, 3.05) is 11.4 Å². The van der Waals surface area contributed by atoms with Crippen LogP contribution in [0.15, 0.2) is 24.3 Å². The van der Waals surface area contributed by atoms with Crippen molar-refractivity contribution in [1.82, 2.24) is 0 Å². The van der Waals surface area contributed by atoms with Crippen molar-refractivity contribution in [2.45, 2.75) is 46.1 Å². The van der Waals surface area contributed by atoms with Crippen LogP contribution in [0.5, 0.6) is 0 Å². The summed E-state index contributed by atoms with van der Waals surface area (Å²) in [5.74, 6) is 0. The van der Waals surface area contributed by atoms with Crippen LogP contribution in [0.1, 0.15) is 40.5 Å². The Kier molecular flexibility index (Phi) is 6.10. The van der Waals surface area contributed by atoms with Crippen molar-refractivity contribution in [1.29, 1.82) is 0 Å². The van der Waals surface area contributed by atoms with Crippen LogP contribution in [-0.2, 0) is 4.74 Å². The molecule has 0 aliphatic rings. The number of carbonyl (C=O) groups excluding carboxylic acids is 1. The minimum atomic E-state index is -0.469. The third kappa shape index (κ3) is 5.80. The lowest BCUT2D eigenvalue weighted by molar-refractivity contribution is 0.0580. The van der Waals surface area contributed by atoms with Gasteiger partial charge in [0.05, 0.1) is 0 Å². The van der Waals surface area contributed by atoms with Gasteiger partial charge in [-0.2, -0.15) is 0 Å². The van der Waals surface area contributed by atoms with E-state index >= 15 is 0 Å². The molecule has 0 aliphatic heterocycles. The average Bonchev–Trinajstić information content (AvgIpc) is 2.27. The van der Waals surface area contributed by atoms with Crippen LogP contribution in [-0.4, -0.2) is 18.2 Å². The van der Waals surface area contributed by atoms with Crippen LogP contribution in [0.3, 0.4) is 0 Å². The van der Waals surface area contributed by atoms with E-state index in [9.17, 15) is 4.79 Å². The van der Waals surface area contributed by atoms with E-state index in [1.807, 2.05) is 45.0 Å². The summed E-state index contributed by atoms with van der Waals surface area (Å²) >= 11 is 2.25. The molecule has 1 aromatic carbocycles. The molecule has 4 heteroatoms. The van der Waals surface area contributed by atoms with E-state index in [0.717, 1.165) is 22.1 Å². The Morgan fingerprint density at radius 1 is 1.37 bits per heavy atom. The summed E-state index contributed by atoms with van der Waals surface area (Å²) in [5, 5.41) is 0. The van der Waals surface area contributed by atoms with Crippen LogP contribution < -0.4 is 4.90 Å². The van der Waals surface area contributed by atoms with Crippen molar-refractivity contribution in [3.8, 4) is 0 Å². The Bertz CT molecular complexity index is 426. The summed E-state index contributed by atoms with van der Waals surface area (Å²) in [4.78, 5) is 14.0. The van der Waals surface area contributed by atoms with E-state index in [1.54, 1.807) is 4.90 Å². The second kappa shape index (κ2) is 7.12. The van der Waals surface area contributed by atoms with Gasteiger partial charge < -0.3 is 4.74 Å². The number of rotatable bonds is 4. The first-order valence-corrected chi connectivity index (χ1v) is 7.67. The first kappa shape index (κ1) is 16.3. The van der Waals surface area contributed by atoms with Gasteiger partial charge in [-0.1, -0.05) is 19.4 Å². The fraction of sp³-hybridized carbons (Fsp3) is 0.533. The van der Waals surface area contributed by atoms with Gasteiger partial charge in [0.1, 0.15) is 5.60 Å². The summed E-state index contributed by atoms with van der Waals surface area (Å²) < 4.78 is 6.59. The molecule has 0 N–H and O–H groups in total. The molecule has 106 valence electrons. The number of anilines is 1. The van der Waals surface area contributed by atoms with Crippen molar-refractivity contribution >= 4 is 34.4 Å². The van der Waals surface area contributed by atoms with Gasteiger partial charge in [-0.3, -0.25) is 4.90 Å². The second-order valence-electron chi connectivity index (χ2n) is 5.47. The Morgan fingerprint density at radius 3 is 2.58 bits per heavy atom. The quantitative estimate of drug-likeness (QED) is 0.706. The Labute approximate surface area is 129 Å². The maximum absolute atomic E-state index is 12.3. The summed E-state index contributed by atoms with van der Waals surface area (Å²) in [5.41, 5.74) is 0.429. The normalized spacial score (nSPS) is 11.2. The van der Waals surface area contributed by atoms with Crippen LogP contribution >= 0.6 is 22.6 Å². The van der Waals surface area contributed by atoms with E-state index in [-0.39, 0.29) is 6.09 Å². The van der Waals surface area contributed by atoms with E-state index in [1.165, 1.54) is 0 Å². The number of halogens is 1. The lowest BCUT2D eigenvalue weighted by atomic mass is 10.2. The minimum absolute atomic E-state index is 0.275. The zero-order valence-electron chi connectivity index (χ0n) is 12.1. The van der Waals surface area contributed by atoms with E-state index in [2.05, 4.69) is 29.5 Å². The molecule has 0 bridgehead atoms. The van der Waals surface area contributed by atoms with Gasteiger partial charge in [0.25, 0.3) is 0 Å². The maximum atomic E-state index is 12.3. The zero-order chi connectivity index (χ0) is 14.5. The smallest absolute Gasteiger partial charge is 0.414 e. The molecule has 0 spiro atoms. The lowest BCUT2D eigenvalue weighted by Gasteiger charge is -2.27. The molecule has 0 aromatic heterocycles. The fourth-order valence-corrected chi connectivity index (χ4v) is 2.13. The number of hydrogen-bond donors (Lipinski definition) is 0. The van der Waals surface area contributed by atoms with Crippen LogP contribution in [0.2, 0.25) is 0 Å². The molecule has 1 amide bonds. The highest BCUT2D eigenvalue weighted by molar-refractivity contribution is 14.1. The summed E-state index contributed by atoms with van der Waals surface area (Å²) in [7, 11) is 0. The van der Waals surface area contributed by atoms with Gasteiger partial charge in [-0.25, -0.2) is 4.79 Å². The van der Waals surface area contributed by atoms with Crippen LogP contribution in [0.25, 0.3) is 0 Å². The van der Waals surface area contributed by atoms with Gasteiger partial charge in [0, 0.05) is 15.8 Å². The summed E-state index contributed by atoms with van der Waals surface area (Å²) in [6.07, 6.45) is 1.73. The highest BCUT2D eigenvalue weighted by Crippen LogP contribution is 2.21. The average molecular weight is 375 g/mol. The molecule has 0 atom stereocenters. The molecule has 0 unspecified atom stereocenters. The molecule has 0 heterocycles. The third-order valence-corrected chi connectivity index (χ3v) is 3.14. The van der Waals surface area contributed by atoms with Crippen molar-refractivity contribution < 1.29 is 9.53 Å². The molecule has 0 aliphatic carbocycles. The van der Waals surface area contributed by atoms with Crippen molar-refractivity contribution in [2.24, 2.45) is 0 Å². The molecule has 19 heavy (non-hydrogen) atoms. The zero-order valence-corrected chi connectivity index (χ0v) is 14.2. The fourth-order valence-electron chi connectivity index (χ4n) is 1.60. The lowest BCUT2D eigenvalue weighted by Crippen LogP contribution is -2.37. The number of amides is 1. The SMILES string of the molecule is CCCCN(C(=O)OC(C)(C)C)c1cccc(I)c1. The Morgan fingerprint density at radius 2 is 2.05 bits per heavy atom. The van der Waals surface area contributed by atoms with Gasteiger partial charge >= 0.3 is 6.09 Å². The first-order valence-electron chi connectivity index (χ1n) is 6.59. The van der Waals surface area contributed by atoms with Crippen molar-refractivity contribution in [3.05, 3.63) is 27.8 Å². The second-order valence-corrected chi connectivity index (χ2v) is 6.71. The molecule has 0 saturated heterocycles. The van der Waals surface area contributed by atoms with Crippen LogP contribution in [0, 0.1) is 3.57 Å². The first-order chi connectivity index (χ1) is 8.83. The maximum Gasteiger partial charge on any atom is 0.414 e. The molecular formula is C15H22INO2. The number of unbranched alkanes of at least 4 members (excludes halogenated alkanes) is 1. The van der Waals surface area contributed by atoms with E-state index in [4.69, 9.17) is 4.74 Å². The molecule has 0 radical (unpaired) electrons. The molecule has 3 nitrogen and oxygen atoms in total. The number of carbonyl (C=O) groups is 1. The monoisotopic (exact) mass is 375 g/mol. The molecular weight excluding hydrogens is 353 g/mol. The number of nitrogens with zero attached hydrogens (tertiary/aromatic N) is 1. The van der Waals surface area contributed by atoms with Gasteiger partial charge in [0.15, 0.2) is 0 Å². The number of ether oxygens (including phenoxy) is 1. The minimum Gasteiger partial charge on any atom is -0.443 e. The third-order valence-electron chi connectivity index (χ3n) is 2.47. The topological polar surface area (TPSA) is 29.5 Å². The molecule has 0 fully saturated rings. The molecule has 1 rings (SSSR count). The largest absolute Gasteiger partial charge is 0.443 e. The van der Waals surface area contributed by atoms with Crippen LogP contribution in [0.4, 0.5) is 10.5 Å². The van der Waals surface area contributed by atoms with E-state index < -0.39 is 5.60 Å². The van der Waals surface area contributed by atoms with Crippen molar-refractivity contribution in [3.63, 3.8) is 0 Å². The number of hydrogen-bond acceptors (Lipinski definition) is 2. The van der Waals surface area contributed by atoms with Gasteiger partial charge in [-0.05, 0) is 68.0 Å². The van der Waals surface area contributed by atoms with E-state index in [0.29, 0.717) is 6.54 Å². The summed E-state index contributed by atoms with van der Waals surface area (Å²) in [6.45, 7) is 8.46. The Balaban J connectivity index is 2.91. The predicted octanol–water partition coefficient (Wildman–Crippen LogP) is 4.83. The standard InChI is InChI=1S/C15H22INO2/c1-5-6-10-17(14(18)19-15(2,3)4)13-9-7-8-12(16)11-13/h7-9,11H,5-6,10H2,1-4H3. The molecule has 0 saturated carbocycles.